The number of nitrogens with one attached hydrogen (secondary N) is 1. The average molecular weight is 345 g/mol. The molecule has 1 N–H and O–H groups in total. The molecule has 1 rings (SSSR count). The van der Waals surface area contributed by atoms with Crippen LogP contribution in [0.15, 0.2) is 10.6 Å². The second kappa shape index (κ2) is 7.68. The lowest BCUT2D eigenvalue weighted by Crippen LogP contribution is -2.36. The number of rotatable bonds is 6. The molecule has 0 atom stereocenters. The summed E-state index contributed by atoms with van der Waals surface area (Å²) in [6, 6.07) is 0. The molecule has 1 fully saturated rings. The van der Waals surface area contributed by atoms with Crippen LogP contribution in [0, 0.1) is 0 Å². The second-order valence-corrected chi connectivity index (χ2v) is 4.97. The van der Waals surface area contributed by atoms with Crippen molar-refractivity contribution in [3.63, 3.8) is 0 Å². The fourth-order valence-electron chi connectivity index (χ4n) is 1.63. The van der Waals surface area contributed by atoms with Gasteiger partial charge in [0.05, 0.1) is 4.48 Å². The lowest BCUT2D eigenvalue weighted by atomic mass is 10.2. The number of hydrogen-bond acceptors (Lipinski definition) is 5. The van der Waals surface area contributed by atoms with Crippen molar-refractivity contribution in [3.05, 3.63) is 10.6 Å². The van der Waals surface area contributed by atoms with Gasteiger partial charge in [-0.05, 0) is 22.4 Å². The van der Waals surface area contributed by atoms with Crippen molar-refractivity contribution in [3.8, 4) is 0 Å². The first-order valence-electron chi connectivity index (χ1n) is 5.94. The molecule has 0 aromatic heterocycles. The molecule has 7 nitrogen and oxygen atoms in total. The number of carbonyl (C=O) groups excluding carboxylic acids is 5. The zero-order valence-electron chi connectivity index (χ0n) is 10.6. The van der Waals surface area contributed by atoms with E-state index in [-0.39, 0.29) is 30.3 Å². The molecule has 8 heteroatoms. The highest BCUT2D eigenvalue weighted by atomic mass is 79.9. The van der Waals surface area contributed by atoms with Crippen LogP contribution in [-0.4, -0.2) is 41.4 Å². The molecule has 20 heavy (non-hydrogen) atoms. The SMILES string of the molecule is O=C/C(Br)=C/C(=O)NCCCC(=O)N1C(=O)CCC1=O. The van der Waals surface area contributed by atoms with Crippen molar-refractivity contribution < 1.29 is 24.0 Å². The largest absolute Gasteiger partial charge is 0.353 e. The molecule has 0 saturated carbocycles. The van der Waals surface area contributed by atoms with Crippen LogP contribution in [0.25, 0.3) is 0 Å². The van der Waals surface area contributed by atoms with Gasteiger partial charge in [0.15, 0.2) is 6.29 Å². The van der Waals surface area contributed by atoms with E-state index in [1.165, 1.54) is 0 Å². The first-order valence-corrected chi connectivity index (χ1v) is 6.74. The predicted octanol–water partition coefficient (Wildman–Crippen LogP) is 0.0361. The maximum absolute atomic E-state index is 11.6. The zero-order valence-corrected chi connectivity index (χ0v) is 12.1. The van der Waals surface area contributed by atoms with Crippen molar-refractivity contribution in [1.82, 2.24) is 10.2 Å². The van der Waals surface area contributed by atoms with E-state index < -0.39 is 23.6 Å². The third kappa shape index (κ3) is 4.69. The summed E-state index contributed by atoms with van der Waals surface area (Å²) in [5.74, 6) is -1.95. The Morgan fingerprint density at radius 2 is 1.85 bits per heavy atom. The lowest BCUT2D eigenvalue weighted by Gasteiger charge is -2.11. The van der Waals surface area contributed by atoms with E-state index in [1.54, 1.807) is 0 Å². The van der Waals surface area contributed by atoms with Crippen molar-refractivity contribution in [2.75, 3.05) is 6.54 Å². The van der Waals surface area contributed by atoms with Gasteiger partial charge in [0.25, 0.3) is 0 Å². The molecular formula is C12H13BrN2O5. The van der Waals surface area contributed by atoms with Gasteiger partial charge in [0.1, 0.15) is 0 Å². The molecule has 1 saturated heterocycles. The maximum atomic E-state index is 11.6. The summed E-state index contributed by atoms with van der Waals surface area (Å²) in [5.41, 5.74) is 0. The third-order valence-electron chi connectivity index (χ3n) is 2.55. The van der Waals surface area contributed by atoms with Gasteiger partial charge in [0.2, 0.25) is 23.6 Å². The van der Waals surface area contributed by atoms with Crippen molar-refractivity contribution in [1.29, 1.82) is 0 Å². The highest BCUT2D eigenvalue weighted by Crippen LogP contribution is 2.13. The second-order valence-electron chi connectivity index (χ2n) is 4.06. The minimum atomic E-state index is -0.545. The first-order chi connectivity index (χ1) is 9.45. The summed E-state index contributed by atoms with van der Waals surface area (Å²) in [5, 5.41) is 2.47. The van der Waals surface area contributed by atoms with Gasteiger partial charge in [-0.2, -0.15) is 0 Å². The van der Waals surface area contributed by atoms with E-state index in [9.17, 15) is 24.0 Å². The summed E-state index contributed by atoms with van der Waals surface area (Å²) in [7, 11) is 0. The molecule has 1 aliphatic heterocycles. The van der Waals surface area contributed by atoms with E-state index in [2.05, 4.69) is 21.2 Å². The lowest BCUT2D eigenvalue weighted by molar-refractivity contribution is -0.149. The van der Waals surface area contributed by atoms with Crippen LogP contribution in [0.2, 0.25) is 0 Å². The fraction of sp³-hybridized carbons (Fsp3) is 0.417. The molecule has 0 aliphatic carbocycles. The number of imide groups is 3. The number of halogens is 1. The first kappa shape index (κ1) is 16.2. The number of aldehydes is 1. The Morgan fingerprint density at radius 3 is 2.40 bits per heavy atom. The Bertz CT molecular complexity index is 470. The minimum absolute atomic E-state index is 0.00365. The molecule has 108 valence electrons. The normalized spacial score (nSPS) is 15.4. The Balaban J connectivity index is 2.29. The molecule has 0 radical (unpaired) electrons. The van der Waals surface area contributed by atoms with Crippen LogP contribution in [0.5, 0.6) is 0 Å². The summed E-state index contributed by atoms with van der Waals surface area (Å²) in [4.78, 5) is 56.4. The van der Waals surface area contributed by atoms with Crippen LogP contribution in [0.3, 0.4) is 0 Å². The molecule has 1 heterocycles. The maximum Gasteiger partial charge on any atom is 0.245 e. The molecule has 0 unspecified atom stereocenters. The van der Waals surface area contributed by atoms with Crippen LogP contribution in [-0.2, 0) is 24.0 Å². The summed E-state index contributed by atoms with van der Waals surface area (Å²) >= 11 is 2.86. The van der Waals surface area contributed by atoms with Gasteiger partial charge in [-0.15, -0.1) is 0 Å². The smallest absolute Gasteiger partial charge is 0.245 e. The molecular weight excluding hydrogens is 332 g/mol. The topological polar surface area (TPSA) is 101 Å². The number of carbonyl (C=O) groups is 5. The fourth-order valence-corrected chi connectivity index (χ4v) is 1.84. The van der Waals surface area contributed by atoms with E-state index in [1.807, 2.05) is 0 Å². The van der Waals surface area contributed by atoms with Crippen molar-refractivity contribution >= 4 is 45.8 Å². The minimum Gasteiger partial charge on any atom is -0.353 e. The number of allylic oxidation sites excluding steroid dienone is 1. The van der Waals surface area contributed by atoms with Crippen LogP contribution in [0.1, 0.15) is 25.7 Å². The average Bonchev–Trinajstić information content (AvgIpc) is 2.74. The Morgan fingerprint density at radius 1 is 1.25 bits per heavy atom. The number of hydrogen-bond donors (Lipinski definition) is 1. The summed E-state index contributed by atoms with van der Waals surface area (Å²) < 4.78 is 0.110. The molecule has 0 spiro atoms. The van der Waals surface area contributed by atoms with Gasteiger partial charge in [-0.25, -0.2) is 4.90 Å². The number of amides is 4. The number of likely N-dealkylation sites (tertiary alicyclic amines) is 1. The van der Waals surface area contributed by atoms with E-state index in [0.29, 0.717) is 17.6 Å². The third-order valence-corrected chi connectivity index (χ3v) is 2.96. The molecule has 0 aromatic rings. The molecule has 0 bridgehead atoms. The molecule has 1 aliphatic rings. The van der Waals surface area contributed by atoms with Crippen molar-refractivity contribution in [2.24, 2.45) is 0 Å². The quantitative estimate of drug-likeness (QED) is 0.317. The molecule has 4 amide bonds. The van der Waals surface area contributed by atoms with Crippen LogP contribution < -0.4 is 5.32 Å². The standard InChI is InChI=1S/C12H13BrN2O5/c13-8(7-16)6-9(17)14-5-1-2-10(18)15-11(19)3-4-12(15)20/h6-7H,1-5H2,(H,14,17)/b8-6-. The van der Waals surface area contributed by atoms with E-state index in [0.717, 1.165) is 6.08 Å². The number of nitrogens with zero attached hydrogens (tertiary/aromatic N) is 1. The van der Waals surface area contributed by atoms with E-state index in [4.69, 9.17) is 0 Å². The molecule has 0 aromatic carbocycles. The monoisotopic (exact) mass is 344 g/mol. The van der Waals surface area contributed by atoms with E-state index >= 15 is 0 Å². The van der Waals surface area contributed by atoms with Gasteiger partial charge in [0, 0.05) is 31.9 Å². The highest BCUT2D eigenvalue weighted by Gasteiger charge is 2.33. The van der Waals surface area contributed by atoms with Crippen LogP contribution in [0.4, 0.5) is 0 Å². The van der Waals surface area contributed by atoms with Crippen LogP contribution >= 0.6 is 15.9 Å². The summed E-state index contributed by atoms with van der Waals surface area (Å²) in [6.45, 7) is 0.205. The summed E-state index contributed by atoms with van der Waals surface area (Å²) in [6.07, 6.45) is 2.00. The van der Waals surface area contributed by atoms with Gasteiger partial charge < -0.3 is 5.32 Å². The highest BCUT2D eigenvalue weighted by molar-refractivity contribution is 9.12. The Labute approximate surface area is 123 Å². The van der Waals surface area contributed by atoms with Gasteiger partial charge in [-0.1, -0.05) is 0 Å². The predicted molar refractivity (Wildman–Crippen MR) is 71.4 cm³/mol. The van der Waals surface area contributed by atoms with Gasteiger partial charge >= 0.3 is 0 Å². The Hall–Kier alpha value is -1.83. The van der Waals surface area contributed by atoms with Gasteiger partial charge in [-0.3, -0.25) is 24.0 Å². The zero-order chi connectivity index (χ0) is 15.1. The van der Waals surface area contributed by atoms with Crippen molar-refractivity contribution in [2.45, 2.75) is 25.7 Å². The Kier molecular flexibility index (Phi) is 6.23.